The fourth-order valence-corrected chi connectivity index (χ4v) is 5.36. The number of nitrogens with zero attached hydrogens (tertiary/aromatic N) is 2. The maximum absolute atomic E-state index is 13.0. The number of carbonyl (C=O) groups excluding carboxylic acids is 3. The summed E-state index contributed by atoms with van der Waals surface area (Å²) in [7, 11) is 1.66. The molecule has 1 amide bonds. The number of carbonyl (C=O) groups is 3. The van der Waals surface area contributed by atoms with Crippen molar-refractivity contribution in [2.45, 2.75) is 118 Å². The third-order valence-corrected chi connectivity index (χ3v) is 8.66. The van der Waals surface area contributed by atoms with E-state index in [0.717, 1.165) is 29.9 Å². The first kappa shape index (κ1) is 32.6. The van der Waals surface area contributed by atoms with E-state index in [0.29, 0.717) is 25.7 Å². The normalized spacial score (nSPS) is 21.1. The maximum Gasteiger partial charge on any atom is 0.328 e. The third kappa shape index (κ3) is 10.5. The number of aliphatic hydroxyl groups is 1. The predicted molar refractivity (Wildman–Crippen MR) is 148 cm³/mol. The summed E-state index contributed by atoms with van der Waals surface area (Å²) in [5.41, 5.74) is -0.281. The zero-order valence-corrected chi connectivity index (χ0v) is 24.8. The molecule has 4 unspecified atom stereocenters. The van der Waals surface area contributed by atoms with Crippen LogP contribution in [0.3, 0.4) is 0 Å². The minimum Gasteiger partial charge on any atom is -0.460 e. The molecule has 0 spiro atoms. The third-order valence-electron chi connectivity index (χ3n) is 7.34. The molecule has 7 nitrogen and oxygen atoms in total. The lowest BCUT2D eigenvalue weighted by Gasteiger charge is -2.35. The van der Waals surface area contributed by atoms with Crippen molar-refractivity contribution >= 4 is 35.0 Å². The molecule has 7 atom stereocenters. The summed E-state index contributed by atoms with van der Waals surface area (Å²) in [4.78, 5) is 42.4. The van der Waals surface area contributed by atoms with Crippen LogP contribution in [0.5, 0.6) is 0 Å². The Labute approximate surface area is 223 Å². The topological polar surface area (TPSA) is 96.3 Å². The van der Waals surface area contributed by atoms with Crippen LogP contribution in [0.1, 0.15) is 93.9 Å². The number of thioether (sulfide) groups is 1. The van der Waals surface area contributed by atoms with Gasteiger partial charge in [0.05, 0.1) is 17.2 Å². The number of aliphatic hydroxyl groups excluding tert-OH is 1. The average Bonchev–Trinajstić information content (AvgIpc) is 3.28. The van der Waals surface area contributed by atoms with Crippen LogP contribution >= 0.6 is 11.8 Å². The highest BCUT2D eigenvalue weighted by atomic mass is 32.2. The van der Waals surface area contributed by atoms with Gasteiger partial charge in [-0.05, 0) is 43.4 Å². The van der Waals surface area contributed by atoms with Crippen molar-refractivity contribution in [1.29, 1.82) is 0 Å². The molecule has 208 valence electrons. The van der Waals surface area contributed by atoms with Gasteiger partial charge in [0.2, 0.25) is 5.91 Å². The van der Waals surface area contributed by atoms with Crippen molar-refractivity contribution in [3.63, 3.8) is 0 Å². The van der Waals surface area contributed by atoms with Gasteiger partial charge in [0.15, 0.2) is 0 Å². The number of esters is 1. The number of aldehydes is 1. The Morgan fingerprint density at radius 3 is 2.39 bits per heavy atom. The molecule has 1 rings (SSSR count). The summed E-state index contributed by atoms with van der Waals surface area (Å²) >= 11 is 1.68. The maximum atomic E-state index is 13.0. The van der Waals surface area contributed by atoms with Crippen LogP contribution in [0.25, 0.3) is 0 Å². The van der Waals surface area contributed by atoms with Crippen LogP contribution in [-0.2, 0) is 19.1 Å². The lowest BCUT2D eigenvalue weighted by Crippen LogP contribution is -2.44. The fourth-order valence-electron chi connectivity index (χ4n) is 4.11. The fraction of sp³-hybridized carbons (Fsp3) is 0.857. The van der Waals surface area contributed by atoms with E-state index in [1.54, 1.807) is 25.7 Å². The zero-order valence-electron chi connectivity index (χ0n) is 24.0. The first-order valence-electron chi connectivity index (χ1n) is 13.5. The summed E-state index contributed by atoms with van der Waals surface area (Å²) < 4.78 is 5.97. The lowest BCUT2D eigenvalue weighted by molar-refractivity contribution is -0.164. The van der Waals surface area contributed by atoms with Gasteiger partial charge in [-0.3, -0.25) is 9.79 Å². The molecule has 8 heteroatoms. The van der Waals surface area contributed by atoms with Gasteiger partial charge in [0.1, 0.15) is 18.4 Å². The Balaban J connectivity index is 2.73. The summed E-state index contributed by atoms with van der Waals surface area (Å²) in [5.74, 6) is 0.749. The molecular weight excluding hydrogens is 476 g/mol. The highest BCUT2D eigenvalue weighted by molar-refractivity contribution is 8.14. The van der Waals surface area contributed by atoms with Gasteiger partial charge in [-0.15, -0.1) is 11.8 Å². The summed E-state index contributed by atoms with van der Waals surface area (Å²) in [5, 5.41) is 11.9. The highest BCUT2D eigenvalue weighted by Crippen LogP contribution is 2.32. The minimum absolute atomic E-state index is 0.0484. The second kappa shape index (κ2) is 15.1. The van der Waals surface area contributed by atoms with Crippen molar-refractivity contribution in [2.24, 2.45) is 28.2 Å². The molecule has 0 aromatic carbocycles. The smallest absolute Gasteiger partial charge is 0.328 e. The first-order valence-corrected chi connectivity index (χ1v) is 14.5. The van der Waals surface area contributed by atoms with Gasteiger partial charge in [0, 0.05) is 31.6 Å². The molecule has 36 heavy (non-hydrogen) atoms. The van der Waals surface area contributed by atoms with Crippen molar-refractivity contribution in [3.05, 3.63) is 0 Å². The quantitative estimate of drug-likeness (QED) is 0.235. The lowest BCUT2D eigenvalue weighted by atomic mass is 9.81. The minimum atomic E-state index is -0.656. The van der Waals surface area contributed by atoms with E-state index in [1.807, 2.05) is 34.6 Å². The summed E-state index contributed by atoms with van der Waals surface area (Å²) in [6.07, 6.45) is 3.86. The molecule has 1 aliphatic rings. The van der Waals surface area contributed by atoms with E-state index in [4.69, 9.17) is 9.73 Å². The number of ether oxygens (including phenoxy) is 1. The number of hydrogen-bond acceptors (Lipinski definition) is 7. The number of likely N-dealkylation sites (N-methyl/N-ethyl adjacent to an activating group) is 1. The predicted octanol–water partition coefficient (Wildman–Crippen LogP) is 5.13. The van der Waals surface area contributed by atoms with Gasteiger partial charge in [-0.2, -0.15) is 0 Å². The van der Waals surface area contributed by atoms with Crippen molar-refractivity contribution in [2.75, 3.05) is 12.8 Å². The first-order chi connectivity index (χ1) is 16.7. The highest BCUT2D eigenvalue weighted by Gasteiger charge is 2.34. The molecule has 1 heterocycles. The average molecular weight is 527 g/mol. The molecule has 1 N–H and O–H groups in total. The molecule has 0 saturated carbocycles. The zero-order chi connectivity index (χ0) is 27.6. The van der Waals surface area contributed by atoms with Gasteiger partial charge in [-0.1, -0.05) is 54.9 Å². The van der Waals surface area contributed by atoms with Crippen LogP contribution < -0.4 is 0 Å². The van der Waals surface area contributed by atoms with Gasteiger partial charge in [0.25, 0.3) is 0 Å². The van der Waals surface area contributed by atoms with Gasteiger partial charge >= 0.3 is 5.97 Å². The van der Waals surface area contributed by atoms with E-state index >= 15 is 0 Å². The molecule has 0 aromatic rings. The Hall–Kier alpha value is -1.41. The molecule has 0 aliphatic carbocycles. The number of hydrogen-bond donors (Lipinski definition) is 1. The largest absolute Gasteiger partial charge is 0.460 e. The van der Waals surface area contributed by atoms with Crippen molar-refractivity contribution in [1.82, 2.24) is 4.90 Å². The molecule has 0 saturated heterocycles. The van der Waals surface area contributed by atoms with Crippen LogP contribution in [0.2, 0.25) is 0 Å². The van der Waals surface area contributed by atoms with E-state index in [9.17, 15) is 19.5 Å². The number of aliphatic imine (C=N–C) groups is 1. The van der Waals surface area contributed by atoms with E-state index in [-0.39, 0.29) is 41.2 Å². The molecule has 1 aliphatic heterocycles. The van der Waals surface area contributed by atoms with E-state index < -0.39 is 18.1 Å². The molecule has 0 fully saturated rings. The Morgan fingerprint density at radius 2 is 1.83 bits per heavy atom. The second-order valence-corrected chi connectivity index (χ2v) is 12.8. The SMILES string of the molecule is CCC(C)CC(=O)N(C)[C@@H](C)C(=O)OC(C[C@@H](C)CC(O)C(C)C1=N[C@H](CCC=O)CS1)C(C)(C)C. The molecule has 0 radical (unpaired) electrons. The monoisotopic (exact) mass is 526 g/mol. The van der Waals surface area contributed by atoms with E-state index in [1.165, 1.54) is 4.90 Å². The Kier molecular flexibility index (Phi) is 13.7. The van der Waals surface area contributed by atoms with Crippen LogP contribution in [0.15, 0.2) is 4.99 Å². The van der Waals surface area contributed by atoms with Crippen LogP contribution in [-0.4, -0.2) is 70.3 Å². The summed E-state index contributed by atoms with van der Waals surface area (Å²) in [6.45, 7) is 16.0. The standard InChI is InChI=1S/C28H50N2O5S/c1-10-18(2)16-25(33)30(9)21(5)27(34)35-24(28(6,7)8)15-19(3)14-23(32)20(4)26-29-22(17-36-26)12-11-13-31/h13,18-24,32H,10-12,14-17H2,1-9H3/t18?,19-,20?,21-,22+,23?,24?/m0/s1. The Bertz CT molecular complexity index is 751. The Morgan fingerprint density at radius 1 is 1.19 bits per heavy atom. The molecular formula is C28H50N2O5S. The second-order valence-electron chi connectivity index (χ2n) is 11.8. The molecule has 0 bridgehead atoms. The van der Waals surface area contributed by atoms with Crippen molar-refractivity contribution < 1.29 is 24.2 Å². The number of rotatable bonds is 15. The van der Waals surface area contributed by atoms with Crippen LogP contribution in [0.4, 0.5) is 0 Å². The number of amides is 1. The van der Waals surface area contributed by atoms with E-state index in [2.05, 4.69) is 13.8 Å². The molecule has 0 aromatic heterocycles. The van der Waals surface area contributed by atoms with Crippen LogP contribution in [0, 0.1) is 23.2 Å². The summed E-state index contributed by atoms with van der Waals surface area (Å²) in [6, 6.07) is -0.499. The van der Waals surface area contributed by atoms with Gasteiger partial charge in [-0.25, -0.2) is 4.79 Å². The van der Waals surface area contributed by atoms with Gasteiger partial charge < -0.3 is 19.5 Å². The van der Waals surface area contributed by atoms with Crippen molar-refractivity contribution in [3.8, 4) is 0 Å².